The van der Waals surface area contributed by atoms with Gasteiger partial charge < -0.3 is 4.57 Å². The van der Waals surface area contributed by atoms with Gasteiger partial charge in [0.25, 0.3) is 0 Å². The minimum Gasteiger partial charge on any atom is -0.341 e. The summed E-state index contributed by atoms with van der Waals surface area (Å²) in [5.41, 5.74) is 6.91. The van der Waals surface area contributed by atoms with Crippen LogP contribution in [0.3, 0.4) is 0 Å². The summed E-state index contributed by atoms with van der Waals surface area (Å²) in [6.07, 6.45) is 3.48. The molecule has 0 aliphatic carbocycles. The molecule has 25 heavy (non-hydrogen) atoms. The van der Waals surface area contributed by atoms with Gasteiger partial charge in [-0.05, 0) is 62.4 Å². The van der Waals surface area contributed by atoms with E-state index in [9.17, 15) is 0 Å². The molecule has 0 fully saturated rings. The van der Waals surface area contributed by atoms with Crippen LogP contribution in [0.2, 0.25) is 0 Å². The smallest absolute Gasteiger partial charge is 0.0491 e. The second-order valence-electron chi connectivity index (χ2n) is 6.95. The van der Waals surface area contributed by atoms with Crippen LogP contribution in [0.15, 0.2) is 66.7 Å². The number of benzene rings is 3. The van der Waals surface area contributed by atoms with Crippen LogP contribution in [0.1, 0.15) is 30.0 Å². The molecule has 0 aliphatic heterocycles. The monoisotopic (exact) mass is 327 g/mol. The van der Waals surface area contributed by atoms with Gasteiger partial charge in [-0.3, -0.25) is 0 Å². The fourth-order valence-corrected chi connectivity index (χ4v) is 3.85. The molecule has 0 spiro atoms. The molecular weight excluding hydrogens is 302 g/mol. The lowest BCUT2D eigenvalue weighted by molar-refractivity contribution is 0.817. The molecule has 126 valence electrons. The number of para-hydroxylation sites is 1. The van der Waals surface area contributed by atoms with Gasteiger partial charge in [-0.1, -0.05) is 54.1 Å². The Hall–Kier alpha value is -2.54. The largest absolute Gasteiger partial charge is 0.341 e. The topological polar surface area (TPSA) is 4.93 Å². The Morgan fingerprint density at radius 2 is 1.40 bits per heavy atom. The number of rotatable bonds is 5. The molecule has 4 rings (SSSR count). The molecule has 0 aliphatic rings. The quantitative estimate of drug-likeness (QED) is 0.405. The summed E-state index contributed by atoms with van der Waals surface area (Å²) in [5, 5.41) is 2.77. The summed E-state index contributed by atoms with van der Waals surface area (Å²) >= 11 is 0. The van der Waals surface area contributed by atoms with Crippen molar-refractivity contribution in [3.05, 3.63) is 83.4 Å². The van der Waals surface area contributed by atoms with E-state index < -0.39 is 0 Å². The number of hydrogen-bond donors (Lipinski definition) is 0. The van der Waals surface area contributed by atoms with Crippen molar-refractivity contribution in [2.75, 3.05) is 0 Å². The highest BCUT2D eigenvalue weighted by atomic mass is 15.0. The van der Waals surface area contributed by atoms with E-state index in [4.69, 9.17) is 0 Å². The predicted octanol–water partition coefficient (Wildman–Crippen LogP) is 6.30. The number of fused-ring (bicyclic) bond motifs is 3. The number of aromatic nitrogens is 1. The van der Waals surface area contributed by atoms with Gasteiger partial charge in [-0.25, -0.2) is 0 Å². The third-order valence-electron chi connectivity index (χ3n) is 5.20. The first-order valence-corrected chi connectivity index (χ1v) is 9.31. The summed E-state index contributed by atoms with van der Waals surface area (Å²) in [5.74, 6) is 0. The highest BCUT2D eigenvalue weighted by Gasteiger charge is 2.09. The van der Waals surface area contributed by atoms with Gasteiger partial charge in [0, 0.05) is 28.4 Å². The first kappa shape index (κ1) is 16.0. The van der Waals surface area contributed by atoms with Gasteiger partial charge in [0.05, 0.1) is 0 Å². The number of aryl methyl sites for hydroxylation is 4. The molecule has 1 nitrogen and oxygen atoms in total. The Balaban J connectivity index is 1.58. The first-order chi connectivity index (χ1) is 12.3. The molecule has 0 bridgehead atoms. The average molecular weight is 327 g/mol. The summed E-state index contributed by atoms with van der Waals surface area (Å²) < 4.78 is 2.42. The van der Waals surface area contributed by atoms with Crippen LogP contribution in [0.5, 0.6) is 0 Å². The molecule has 0 atom stereocenters. The van der Waals surface area contributed by atoms with E-state index in [1.54, 1.807) is 0 Å². The maximum atomic E-state index is 2.42. The molecule has 0 saturated heterocycles. The lowest BCUT2D eigenvalue weighted by Crippen LogP contribution is -1.93. The van der Waals surface area contributed by atoms with Gasteiger partial charge in [-0.2, -0.15) is 0 Å². The van der Waals surface area contributed by atoms with Crippen molar-refractivity contribution in [3.8, 4) is 0 Å². The third kappa shape index (κ3) is 3.07. The zero-order valence-corrected chi connectivity index (χ0v) is 15.1. The molecule has 3 aromatic carbocycles. The zero-order chi connectivity index (χ0) is 17.2. The van der Waals surface area contributed by atoms with E-state index in [0.717, 1.165) is 19.4 Å². The Labute approximate surface area is 149 Å². The van der Waals surface area contributed by atoms with Crippen LogP contribution in [-0.2, 0) is 19.4 Å². The maximum Gasteiger partial charge on any atom is 0.0491 e. The summed E-state index contributed by atoms with van der Waals surface area (Å²) in [6.45, 7) is 5.38. The minimum atomic E-state index is 1.01. The van der Waals surface area contributed by atoms with Gasteiger partial charge in [0.15, 0.2) is 0 Å². The molecule has 1 heteroatoms. The normalized spacial score (nSPS) is 11.4. The van der Waals surface area contributed by atoms with Crippen LogP contribution in [0.25, 0.3) is 21.8 Å². The van der Waals surface area contributed by atoms with Gasteiger partial charge in [-0.15, -0.1) is 0 Å². The molecule has 4 aromatic rings. The minimum absolute atomic E-state index is 1.01. The highest BCUT2D eigenvalue weighted by Crippen LogP contribution is 2.30. The second-order valence-corrected chi connectivity index (χ2v) is 6.95. The van der Waals surface area contributed by atoms with Crippen LogP contribution in [0, 0.1) is 6.92 Å². The highest BCUT2D eigenvalue weighted by molar-refractivity contribution is 6.08. The molecule has 0 saturated carbocycles. The molecular formula is C24H25N. The van der Waals surface area contributed by atoms with Gasteiger partial charge >= 0.3 is 0 Å². The zero-order valence-electron chi connectivity index (χ0n) is 15.1. The molecule has 0 radical (unpaired) electrons. The molecule has 0 amide bonds. The summed E-state index contributed by atoms with van der Waals surface area (Å²) in [6, 6.07) is 24.7. The van der Waals surface area contributed by atoms with E-state index >= 15 is 0 Å². The second kappa shape index (κ2) is 6.76. The van der Waals surface area contributed by atoms with Gasteiger partial charge in [0.1, 0.15) is 0 Å². The molecule has 1 heterocycles. The van der Waals surface area contributed by atoms with Crippen molar-refractivity contribution >= 4 is 21.8 Å². The Morgan fingerprint density at radius 1 is 0.720 bits per heavy atom. The van der Waals surface area contributed by atoms with E-state index in [1.807, 2.05) is 0 Å². The van der Waals surface area contributed by atoms with E-state index in [-0.39, 0.29) is 0 Å². The number of nitrogens with zero attached hydrogens (tertiary/aromatic N) is 1. The van der Waals surface area contributed by atoms with Gasteiger partial charge in [0.2, 0.25) is 0 Å². The van der Waals surface area contributed by atoms with E-state index in [0.29, 0.717) is 0 Å². The standard InChI is InChI=1S/C24H25N/c1-3-25-23-10-5-4-9-21(23)22-17-20(15-16-24(22)25)8-6-7-19-13-11-18(2)12-14-19/h4-5,9-17H,3,6-8H2,1-2H3. The predicted molar refractivity (Wildman–Crippen MR) is 108 cm³/mol. The maximum absolute atomic E-state index is 2.42. The van der Waals surface area contributed by atoms with Crippen LogP contribution >= 0.6 is 0 Å². The van der Waals surface area contributed by atoms with E-state index in [2.05, 4.69) is 85.1 Å². The summed E-state index contributed by atoms with van der Waals surface area (Å²) in [7, 11) is 0. The van der Waals surface area contributed by atoms with Crippen LogP contribution < -0.4 is 0 Å². The molecule has 0 N–H and O–H groups in total. The van der Waals surface area contributed by atoms with Crippen LogP contribution in [0.4, 0.5) is 0 Å². The fourth-order valence-electron chi connectivity index (χ4n) is 3.85. The molecule has 0 unspecified atom stereocenters. The average Bonchev–Trinajstić information content (AvgIpc) is 2.96. The Morgan fingerprint density at radius 3 is 2.20 bits per heavy atom. The number of hydrogen-bond acceptors (Lipinski definition) is 0. The van der Waals surface area contributed by atoms with Crippen molar-refractivity contribution < 1.29 is 0 Å². The first-order valence-electron chi connectivity index (χ1n) is 9.31. The van der Waals surface area contributed by atoms with Crippen molar-refractivity contribution in [1.29, 1.82) is 0 Å². The Bertz CT molecular complexity index is 1010. The third-order valence-corrected chi connectivity index (χ3v) is 5.20. The summed E-state index contributed by atoms with van der Waals surface area (Å²) in [4.78, 5) is 0. The lowest BCUT2D eigenvalue weighted by atomic mass is 10.0. The molecule has 1 aromatic heterocycles. The van der Waals surface area contributed by atoms with Crippen molar-refractivity contribution in [3.63, 3.8) is 0 Å². The Kier molecular flexibility index (Phi) is 4.31. The SMILES string of the molecule is CCn1c2ccccc2c2cc(CCCc3ccc(C)cc3)ccc21. The van der Waals surface area contributed by atoms with Crippen molar-refractivity contribution in [1.82, 2.24) is 4.57 Å². The van der Waals surface area contributed by atoms with Crippen molar-refractivity contribution in [2.24, 2.45) is 0 Å². The van der Waals surface area contributed by atoms with Crippen molar-refractivity contribution in [2.45, 2.75) is 39.7 Å². The lowest BCUT2D eigenvalue weighted by Gasteiger charge is -2.05. The van der Waals surface area contributed by atoms with Crippen LogP contribution in [-0.4, -0.2) is 4.57 Å². The van der Waals surface area contributed by atoms with E-state index in [1.165, 1.54) is 44.9 Å². The fraction of sp³-hybridized carbons (Fsp3) is 0.250.